The van der Waals surface area contributed by atoms with Crippen molar-refractivity contribution < 1.29 is 8.83 Å². The fourth-order valence-electron chi connectivity index (χ4n) is 6.53. The standard InChI is InChI=1S/C40H54Br2N2O2S2/c1-3-5-7-9-11-13-15-17-19-21-23-29-25-35(47-37(29)41)39-43-31-27-34-32(28-33(31)45-39)44-40(46-34)36-26-30(38(42)48-36)24-22-20-18-16-14-12-10-8-6-4-2/h25-28H,3-24H2,1-2H3. The molecule has 5 rings (SSSR count). The van der Waals surface area contributed by atoms with Crippen molar-refractivity contribution in [3.05, 3.63) is 43.0 Å². The van der Waals surface area contributed by atoms with E-state index in [9.17, 15) is 0 Å². The van der Waals surface area contributed by atoms with Gasteiger partial charge in [-0.2, -0.15) is 0 Å². The molecule has 5 aromatic rings. The zero-order chi connectivity index (χ0) is 33.6. The average Bonchev–Trinajstić information content (AvgIpc) is 3.86. The summed E-state index contributed by atoms with van der Waals surface area (Å²) in [5.74, 6) is 1.33. The molecule has 0 unspecified atom stereocenters. The second kappa shape index (κ2) is 20.4. The molecule has 4 nitrogen and oxygen atoms in total. The first-order chi connectivity index (χ1) is 23.6. The Morgan fingerprint density at radius 3 is 1.17 bits per heavy atom. The van der Waals surface area contributed by atoms with Crippen LogP contribution >= 0.6 is 54.5 Å². The Morgan fingerprint density at radius 1 is 0.479 bits per heavy atom. The van der Waals surface area contributed by atoms with Gasteiger partial charge in [-0.3, -0.25) is 0 Å². The third-order valence-electron chi connectivity index (χ3n) is 9.43. The number of aryl methyl sites for hydroxylation is 2. The van der Waals surface area contributed by atoms with Gasteiger partial charge in [-0.1, -0.05) is 129 Å². The van der Waals surface area contributed by atoms with Crippen molar-refractivity contribution in [2.45, 2.75) is 155 Å². The number of aromatic nitrogens is 2. The van der Waals surface area contributed by atoms with Gasteiger partial charge in [0, 0.05) is 12.1 Å². The highest BCUT2D eigenvalue weighted by atomic mass is 79.9. The van der Waals surface area contributed by atoms with Gasteiger partial charge < -0.3 is 8.83 Å². The first-order valence-corrected chi connectivity index (χ1v) is 22.1. The minimum atomic E-state index is 0.664. The molecule has 0 aliphatic heterocycles. The number of rotatable bonds is 24. The third-order valence-corrected chi connectivity index (χ3v) is 13.3. The predicted molar refractivity (Wildman–Crippen MR) is 215 cm³/mol. The zero-order valence-corrected chi connectivity index (χ0v) is 34.0. The molecule has 4 aromatic heterocycles. The van der Waals surface area contributed by atoms with E-state index in [1.165, 1.54) is 147 Å². The lowest BCUT2D eigenvalue weighted by molar-refractivity contribution is 0.556. The van der Waals surface area contributed by atoms with Gasteiger partial charge in [0.1, 0.15) is 11.0 Å². The lowest BCUT2D eigenvalue weighted by Gasteiger charge is -2.02. The average molecular weight is 819 g/mol. The van der Waals surface area contributed by atoms with Crippen molar-refractivity contribution in [3.63, 3.8) is 0 Å². The summed E-state index contributed by atoms with van der Waals surface area (Å²) in [5.41, 5.74) is 5.79. The fraction of sp³-hybridized carbons (Fsp3) is 0.600. The number of fused-ring (bicyclic) bond motifs is 2. The zero-order valence-electron chi connectivity index (χ0n) is 29.1. The normalized spacial score (nSPS) is 11.9. The highest BCUT2D eigenvalue weighted by molar-refractivity contribution is 9.11. The molecule has 0 saturated heterocycles. The first-order valence-electron chi connectivity index (χ1n) is 18.8. The van der Waals surface area contributed by atoms with Crippen LogP contribution < -0.4 is 0 Å². The molecule has 0 aliphatic rings. The first kappa shape index (κ1) is 37.8. The van der Waals surface area contributed by atoms with Crippen molar-refractivity contribution in [1.29, 1.82) is 0 Å². The molecule has 262 valence electrons. The van der Waals surface area contributed by atoms with Crippen LogP contribution in [0.25, 0.3) is 43.7 Å². The molecule has 0 fully saturated rings. The monoisotopic (exact) mass is 816 g/mol. The van der Waals surface area contributed by atoms with E-state index in [4.69, 9.17) is 18.8 Å². The number of nitrogens with zero attached hydrogens (tertiary/aromatic N) is 2. The van der Waals surface area contributed by atoms with Crippen LogP contribution in [0.3, 0.4) is 0 Å². The number of hydrogen-bond acceptors (Lipinski definition) is 6. The van der Waals surface area contributed by atoms with Gasteiger partial charge >= 0.3 is 0 Å². The van der Waals surface area contributed by atoms with Gasteiger partial charge in [-0.15, -0.1) is 22.7 Å². The highest BCUT2D eigenvalue weighted by Gasteiger charge is 2.18. The van der Waals surface area contributed by atoms with E-state index in [2.05, 4.69) is 57.8 Å². The molecule has 4 heterocycles. The van der Waals surface area contributed by atoms with E-state index >= 15 is 0 Å². The lowest BCUT2D eigenvalue weighted by Crippen LogP contribution is -1.85. The Kier molecular flexibility index (Phi) is 16.0. The Morgan fingerprint density at radius 2 is 0.812 bits per heavy atom. The molecule has 0 N–H and O–H groups in total. The van der Waals surface area contributed by atoms with Crippen LogP contribution in [0.2, 0.25) is 0 Å². The summed E-state index contributed by atoms with van der Waals surface area (Å²) in [7, 11) is 0. The topological polar surface area (TPSA) is 52.1 Å². The third kappa shape index (κ3) is 11.3. The van der Waals surface area contributed by atoms with Crippen molar-refractivity contribution in [3.8, 4) is 21.5 Å². The summed E-state index contributed by atoms with van der Waals surface area (Å²) >= 11 is 11.0. The smallest absolute Gasteiger partial charge is 0.237 e. The molecule has 0 radical (unpaired) electrons. The maximum atomic E-state index is 6.27. The summed E-state index contributed by atoms with van der Waals surface area (Å²) in [5, 5.41) is 0. The molecular formula is C40H54Br2N2O2S2. The van der Waals surface area contributed by atoms with Crippen LogP contribution in [0.15, 0.2) is 40.7 Å². The van der Waals surface area contributed by atoms with E-state index in [-0.39, 0.29) is 0 Å². The van der Waals surface area contributed by atoms with Gasteiger partial charge in [-0.05, 0) is 80.8 Å². The van der Waals surface area contributed by atoms with E-state index in [1.807, 2.05) is 12.1 Å². The second-order valence-corrected chi connectivity index (χ2v) is 18.2. The van der Waals surface area contributed by atoms with Gasteiger partial charge in [0.25, 0.3) is 0 Å². The van der Waals surface area contributed by atoms with Crippen molar-refractivity contribution in [2.75, 3.05) is 0 Å². The lowest BCUT2D eigenvalue weighted by atomic mass is 10.0. The van der Waals surface area contributed by atoms with Gasteiger partial charge in [0.05, 0.1) is 17.3 Å². The number of thiophene rings is 2. The number of halogens is 2. The predicted octanol–water partition coefficient (Wildman–Crippen LogP) is 15.9. The quantitative estimate of drug-likeness (QED) is 0.0582. The Bertz CT molecular complexity index is 1500. The molecule has 48 heavy (non-hydrogen) atoms. The molecular weight excluding hydrogens is 764 g/mol. The Balaban J connectivity index is 1.10. The molecule has 0 bridgehead atoms. The Hall–Kier alpha value is -1.48. The van der Waals surface area contributed by atoms with E-state index in [0.717, 1.165) is 44.8 Å². The van der Waals surface area contributed by atoms with Gasteiger partial charge in [0.15, 0.2) is 11.2 Å². The SMILES string of the molecule is CCCCCCCCCCCCc1cc(-c2nc3cc4oc(-c5cc(CCCCCCCCCCCC)c(Br)s5)nc4cc3o2)sc1Br. The molecule has 0 amide bonds. The number of unbranched alkanes of at least 4 members (excludes halogenated alkanes) is 18. The number of benzene rings is 1. The summed E-state index contributed by atoms with van der Waals surface area (Å²) in [6.45, 7) is 4.57. The molecule has 0 spiro atoms. The van der Waals surface area contributed by atoms with E-state index in [1.54, 1.807) is 22.7 Å². The minimum Gasteiger partial charge on any atom is -0.435 e. The van der Waals surface area contributed by atoms with Crippen LogP contribution in [-0.4, -0.2) is 9.97 Å². The maximum absolute atomic E-state index is 6.27. The molecule has 8 heteroatoms. The largest absolute Gasteiger partial charge is 0.435 e. The van der Waals surface area contributed by atoms with Crippen LogP contribution in [-0.2, 0) is 12.8 Å². The number of oxazole rings is 2. The maximum Gasteiger partial charge on any atom is 0.237 e. The molecule has 1 aromatic carbocycles. The second-order valence-electron chi connectivity index (χ2n) is 13.5. The van der Waals surface area contributed by atoms with Gasteiger partial charge in [0.2, 0.25) is 11.8 Å². The minimum absolute atomic E-state index is 0.664. The Labute approximate surface area is 313 Å². The molecule has 0 saturated carbocycles. The van der Waals surface area contributed by atoms with E-state index < -0.39 is 0 Å². The summed E-state index contributed by atoms with van der Waals surface area (Å²) in [4.78, 5) is 11.8. The van der Waals surface area contributed by atoms with Gasteiger partial charge in [-0.25, -0.2) is 9.97 Å². The highest BCUT2D eigenvalue weighted by Crippen LogP contribution is 2.40. The van der Waals surface area contributed by atoms with Crippen molar-refractivity contribution >= 4 is 76.7 Å². The van der Waals surface area contributed by atoms with Crippen LogP contribution in [0.5, 0.6) is 0 Å². The molecule has 0 aliphatic carbocycles. The van der Waals surface area contributed by atoms with Crippen LogP contribution in [0.1, 0.15) is 153 Å². The molecule has 0 atom stereocenters. The number of hydrogen-bond donors (Lipinski definition) is 0. The summed E-state index contributed by atoms with van der Waals surface area (Å²) < 4.78 is 14.9. The van der Waals surface area contributed by atoms with Crippen molar-refractivity contribution in [1.82, 2.24) is 9.97 Å². The van der Waals surface area contributed by atoms with E-state index in [0.29, 0.717) is 11.8 Å². The van der Waals surface area contributed by atoms with Crippen LogP contribution in [0, 0.1) is 0 Å². The summed E-state index contributed by atoms with van der Waals surface area (Å²) in [6.07, 6.45) is 29.3. The fourth-order valence-corrected chi connectivity index (χ4v) is 9.92. The summed E-state index contributed by atoms with van der Waals surface area (Å²) in [6, 6.07) is 8.43. The van der Waals surface area contributed by atoms with Crippen molar-refractivity contribution in [2.24, 2.45) is 0 Å². The van der Waals surface area contributed by atoms with Crippen LogP contribution in [0.4, 0.5) is 0 Å².